The summed E-state index contributed by atoms with van der Waals surface area (Å²) in [7, 11) is 2.49. The van der Waals surface area contributed by atoms with E-state index in [1.54, 1.807) is 0 Å². The minimum atomic E-state index is -1.02. The number of anilines is 1. The molecule has 1 saturated heterocycles. The maximum atomic E-state index is 11.0. The lowest BCUT2D eigenvalue weighted by molar-refractivity contribution is -0.387. The monoisotopic (exact) mass is 343 g/mol. The highest BCUT2D eigenvalue weighted by atomic mass is 16.6. The Labute approximate surface area is 136 Å². The van der Waals surface area contributed by atoms with E-state index in [4.69, 9.17) is 19.3 Å². The third-order valence-electron chi connectivity index (χ3n) is 3.29. The third kappa shape index (κ3) is 3.90. The molecule has 12 heteroatoms. The number of morpholine rings is 1. The Kier molecular flexibility index (Phi) is 5.52. The summed E-state index contributed by atoms with van der Waals surface area (Å²) in [6, 6.07) is 0. The maximum Gasteiger partial charge on any atom is 0.407 e. The van der Waals surface area contributed by atoms with Crippen LogP contribution in [0.1, 0.15) is 0 Å². The number of nitro groups is 1. The number of carbonyl (C=O) groups is 1. The van der Waals surface area contributed by atoms with Crippen molar-refractivity contribution in [1.29, 1.82) is 0 Å². The minimum absolute atomic E-state index is 0.0466. The van der Waals surface area contributed by atoms with Crippen LogP contribution in [-0.2, 0) is 4.74 Å². The second-order valence-corrected chi connectivity index (χ2v) is 4.77. The van der Waals surface area contributed by atoms with Crippen molar-refractivity contribution in [3.8, 4) is 11.8 Å². The van der Waals surface area contributed by atoms with E-state index >= 15 is 0 Å². The molecule has 0 bridgehead atoms. The van der Waals surface area contributed by atoms with Gasteiger partial charge in [0.25, 0.3) is 0 Å². The number of aromatic nitrogens is 2. The zero-order chi connectivity index (χ0) is 17.7. The van der Waals surface area contributed by atoms with Crippen LogP contribution in [0.5, 0.6) is 11.8 Å². The lowest BCUT2D eigenvalue weighted by Gasteiger charge is -2.31. The number of amides is 1. The van der Waals surface area contributed by atoms with Gasteiger partial charge in [0.15, 0.2) is 0 Å². The molecule has 12 nitrogen and oxygen atoms in total. The second-order valence-electron chi connectivity index (χ2n) is 4.77. The number of nitrogens with one attached hydrogen (secondary N) is 1. The van der Waals surface area contributed by atoms with Crippen LogP contribution in [-0.4, -0.2) is 77.6 Å². The molecule has 1 amide bonds. The molecule has 1 aromatic rings. The molecular weight excluding hydrogens is 326 g/mol. The van der Waals surface area contributed by atoms with Crippen LogP contribution in [0.25, 0.3) is 0 Å². The van der Waals surface area contributed by atoms with E-state index < -0.39 is 22.8 Å². The zero-order valence-electron chi connectivity index (χ0n) is 13.1. The molecule has 0 spiro atoms. The largest absolute Gasteiger partial charge is 0.476 e. The number of rotatable bonds is 6. The predicted molar refractivity (Wildman–Crippen MR) is 79.6 cm³/mol. The fourth-order valence-electron chi connectivity index (χ4n) is 2.16. The molecule has 0 saturated carbocycles. The fourth-order valence-corrected chi connectivity index (χ4v) is 2.16. The van der Waals surface area contributed by atoms with Crippen molar-refractivity contribution in [3.63, 3.8) is 0 Å². The Hall–Kier alpha value is -2.89. The van der Waals surface area contributed by atoms with E-state index in [0.29, 0.717) is 6.54 Å². The summed E-state index contributed by atoms with van der Waals surface area (Å²) in [6.45, 7) is 1.01. The number of hydrogen-bond donors (Lipinski definition) is 2. The molecule has 1 atom stereocenters. The van der Waals surface area contributed by atoms with Crippen molar-refractivity contribution in [1.82, 2.24) is 14.9 Å². The Bertz CT molecular complexity index is 601. The van der Waals surface area contributed by atoms with Crippen molar-refractivity contribution in [3.05, 3.63) is 10.1 Å². The van der Waals surface area contributed by atoms with Gasteiger partial charge in [-0.15, -0.1) is 0 Å². The van der Waals surface area contributed by atoms with Gasteiger partial charge in [-0.3, -0.25) is 10.1 Å². The molecule has 2 heterocycles. The average Bonchev–Trinajstić information content (AvgIpc) is 2.58. The first-order valence-electron chi connectivity index (χ1n) is 6.94. The van der Waals surface area contributed by atoms with E-state index in [0.717, 1.165) is 0 Å². The molecule has 1 aliphatic heterocycles. The Morgan fingerprint density at radius 1 is 1.46 bits per heavy atom. The van der Waals surface area contributed by atoms with E-state index in [-0.39, 0.29) is 37.4 Å². The van der Waals surface area contributed by atoms with E-state index in [1.165, 1.54) is 19.1 Å². The van der Waals surface area contributed by atoms with E-state index in [9.17, 15) is 14.9 Å². The zero-order valence-corrected chi connectivity index (χ0v) is 13.1. The van der Waals surface area contributed by atoms with Crippen molar-refractivity contribution < 1.29 is 29.0 Å². The van der Waals surface area contributed by atoms with E-state index in [2.05, 4.69) is 15.3 Å². The Morgan fingerprint density at radius 3 is 2.58 bits per heavy atom. The van der Waals surface area contributed by atoms with Gasteiger partial charge in [-0.2, -0.15) is 9.97 Å². The van der Waals surface area contributed by atoms with Crippen molar-refractivity contribution in [2.75, 3.05) is 45.8 Å². The standard InChI is InChI=1S/C12H17N5O7/c1-22-9-8(17(20)21)10(23-2)15-11(14-9)13-5-7-6-16(12(18)19)3-4-24-7/h7H,3-6H2,1-2H3,(H,18,19)(H,13,14,15). The topological polar surface area (TPSA) is 149 Å². The Morgan fingerprint density at radius 2 is 2.08 bits per heavy atom. The molecule has 1 aliphatic rings. The van der Waals surface area contributed by atoms with Gasteiger partial charge in [-0.05, 0) is 0 Å². The molecule has 0 aliphatic carbocycles. The molecule has 132 valence electrons. The normalized spacial score (nSPS) is 17.2. The van der Waals surface area contributed by atoms with Crippen LogP contribution in [0.2, 0.25) is 0 Å². The highest BCUT2D eigenvalue weighted by Crippen LogP contribution is 2.34. The molecule has 2 rings (SSSR count). The molecule has 1 aromatic heterocycles. The van der Waals surface area contributed by atoms with Crippen LogP contribution >= 0.6 is 0 Å². The number of hydrogen-bond acceptors (Lipinski definition) is 9. The first-order valence-corrected chi connectivity index (χ1v) is 6.94. The molecule has 0 radical (unpaired) electrons. The molecule has 2 N–H and O–H groups in total. The lowest BCUT2D eigenvalue weighted by atomic mass is 10.3. The summed E-state index contributed by atoms with van der Waals surface area (Å²) in [6.07, 6.45) is -1.41. The van der Waals surface area contributed by atoms with Crippen LogP contribution in [0, 0.1) is 10.1 Å². The number of ether oxygens (including phenoxy) is 3. The molecule has 1 unspecified atom stereocenters. The van der Waals surface area contributed by atoms with Crippen LogP contribution in [0.3, 0.4) is 0 Å². The number of methoxy groups -OCH3 is 2. The van der Waals surface area contributed by atoms with Gasteiger partial charge < -0.3 is 29.5 Å². The summed E-state index contributed by atoms with van der Waals surface area (Å²) in [5.74, 6) is -0.442. The molecule has 24 heavy (non-hydrogen) atoms. The molecule has 0 aromatic carbocycles. The smallest absolute Gasteiger partial charge is 0.407 e. The van der Waals surface area contributed by atoms with Crippen LogP contribution in [0.4, 0.5) is 16.4 Å². The van der Waals surface area contributed by atoms with Gasteiger partial charge in [-0.1, -0.05) is 0 Å². The highest BCUT2D eigenvalue weighted by molar-refractivity contribution is 5.65. The van der Waals surface area contributed by atoms with Crippen LogP contribution in [0.15, 0.2) is 0 Å². The summed E-state index contributed by atoms with van der Waals surface area (Å²) in [5.41, 5.74) is -0.475. The molecule has 1 fully saturated rings. The van der Waals surface area contributed by atoms with Gasteiger partial charge in [0.2, 0.25) is 5.95 Å². The third-order valence-corrected chi connectivity index (χ3v) is 3.29. The highest BCUT2D eigenvalue weighted by Gasteiger charge is 2.28. The van der Waals surface area contributed by atoms with Crippen molar-refractivity contribution in [2.45, 2.75) is 6.10 Å². The van der Waals surface area contributed by atoms with Gasteiger partial charge in [0.05, 0.1) is 38.4 Å². The summed E-state index contributed by atoms with van der Waals surface area (Å²) in [4.78, 5) is 30.4. The maximum absolute atomic E-state index is 11.0. The second kappa shape index (κ2) is 7.59. The average molecular weight is 343 g/mol. The number of carboxylic acid groups (broad SMARTS) is 1. The summed E-state index contributed by atoms with van der Waals surface area (Å²) < 4.78 is 15.3. The van der Waals surface area contributed by atoms with Gasteiger partial charge in [0, 0.05) is 13.1 Å². The van der Waals surface area contributed by atoms with Gasteiger partial charge in [-0.25, -0.2) is 4.79 Å². The van der Waals surface area contributed by atoms with E-state index in [1.807, 2.05) is 0 Å². The van der Waals surface area contributed by atoms with Crippen molar-refractivity contribution >= 4 is 17.7 Å². The molecular formula is C12H17N5O7. The van der Waals surface area contributed by atoms with Gasteiger partial charge in [0.1, 0.15) is 0 Å². The quantitative estimate of drug-likeness (QED) is 0.541. The Balaban J connectivity index is 2.10. The first-order chi connectivity index (χ1) is 11.5. The van der Waals surface area contributed by atoms with Crippen LogP contribution < -0.4 is 14.8 Å². The van der Waals surface area contributed by atoms with Crippen molar-refractivity contribution in [2.24, 2.45) is 0 Å². The van der Waals surface area contributed by atoms with Gasteiger partial charge >= 0.3 is 23.5 Å². The summed E-state index contributed by atoms with van der Waals surface area (Å²) in [5, 5.41) is 22.9. The fraction of sp³-hybridized carbons (Fsp3) is 0.583. The lowest BCUT2D eigenvalue weighted by Crippen LogP contribution is -2.47. The minimum Gasteiger partial charge on any atom is -0.476 e. The summed E-state index contributed by atoms with van der Waals surface area (Å²) >= 11 is 0. The number of nitrogens with zero attached hydrogens (tertiary/aromatic N) is 4. The SMILES string of the molecule is COc1nc(NCC2CN(C(=O)O)CCO2)nc(OC)c1[N+](=O)[O-]. The first kappa shape index (κ1) is 17.5. The predicted octanol–water partition coefficient (Wildman–Crippen LogP) is 0.193.